The van der Waals surface area contributed by atoms with Crippen LogP contribution in [0.25, 0.3) is 0 Å². The highest BCUT2D eigenvalue weighted by atomic mass is 32.2. The molecular weight excluding hydrogens is 743 g/mol. The molecule has 0 heterocycles. The first-order chi connectivity index (χ1) is 28.2. The molecule has 0 fully saturated rings. The molecule has 0 spiro atoms. The molecule has 0 aliphatic carbocycles. The predicted molar refractivity (Wildman–Crippen MR) is 244 cm³/mol. The maximum Gasteiger partial charge on any atom is 0.115 e. The van der Waals surface area contributed by atoms with Crippen LogP contribution in [-0.4, -0.2) is 115 Å². The summed E-state index contributed by atoms with van der Waals surface area (Å²) < 4.78 is 0. The lowest BCUT2D eigenvalue weighted by molar-refractivity contribution is 0.139. The number of aliphatic hydroxyl groups excluding tert-OH is 1. The summed E-state index contributed by atoms with van der Waals surface area (Å²) in [7, 11) is 0. The number of thioether (sulfide) groups is 1. The molecule has 0 aliphatic heterocycles. The van der Waals surface area contributed by atoms with E-state index in [0.29, 0.717) is 19.6 Å². The van der Waals surface area contributed by atoms with Crippen LogP contribution in [0.4, 0.5) is 0 Å². The fourth-order valence-corrected chi connectivity index (χ4v) is 7.80. The molecule has 11 N–H and O–H groups in total. The van der Waals surface area contributed by atoms with Gasteiger partial charge >= 0.3 is 0 Å². The van der Waals surface area contributed by atoms with E-state index in [1.165, 1.54) is 16.7 Å². The number of nitrogens with one attached hydrogen (secondary N) is 6. The van der Waals surface area contributed by atoms with Crippen LogP contribution in [0.15, 0.2) is 109 Å². The van der Waals surface area contributed by atoms with Crippen molar-refractivity contribution in [3.63, 3.8) is 0 Å². The van der Waals surface area contributed by atoms with Crippen molar-refractivity contribution in [3.8, 4) is 11.5 Å². The lowest BCUT2D eigenvalue weighted by Crippen LogP contribution is -2.55. The summed E-state index contributed by atoms with van der Waals surface area (Å²) in [5, 5.41) is 53.4. The van der Waals surface area contributed by atoms with Crippen molar-refractivity contribution in [2.24, 2.45) is 5.73 Å². The van der Waals surface area contributed by atoms with Gasteiger partial charge in [-0.25, -0.2) is 0 Å². The Hall–Kier alpha value is -3.49. The molecule has 0 saturated carbocycles. The number of aromatic hydroxyl groups is 2. The van der Waals surface area contributed by atoms with Crippen molar-refractivity contribution < 1.29 is 15.3 Å². The third-order valence-corrected chi connectivity index (χ3v) is 11.4. The molecular formula is C47H71N7O3S. The third-order valence-electron chi connectivity index (χ3n) is 10.7. The zero-order valence-electron chi connectivity index (χ0n) is 35.0. The van der Waals surface area contributed by atoms with Gasteiger partial charge in [0, 0.05) is 75.5 Å². The first kappa shape index (κ1) is 47.2. The number of phenolic OH excluding ortho intramolecular Hbond substituents is 2. The zero-order chi connectivity index (χ0) is 41.4. The van der Waals surface area contributed by atoms with E-state index < -0.39 is 6.10 Å². The van der Waals surface area contributed by atoms with Crippen LogP contribution in [0.2, 0.25) is 0 Å². The van der Waals surface area contributed by atoms with Gasteiger partial charge in [-0.3, -0.25) is 0 Å². The highest BCUT2D eigenvalue weighted by molar-refractivity contribution is 7.98. The first-order valence-corrected chi connectivity index (χ1v) is 22.5. The van der Waals surface area contributed by atoms with Crippen LogP contribution in [0.3, 0.4) is 0 Å². The summed E-state index contributed by atoms with van der Waals surface area (Å²) in [6.07, 6.45) is 5.95. The van der Waals surface area contributed by atoms with E-state index in [1.807, 2.05) is 43.0 Å². The molecule has 318 valence electrons. The molecule has 0 bridgehead atoms. The summed E-state index contributed by atoms with van der Waals surface area (Å²) >= 11 is 1.83. The van der Waals surface area contributed by atoms with Crippen molar-refractivity contribution in [2.45, 2.75) is 88.3 Å². The van der Waals surface area contributed by atoms with Crippen LogP contribution in [0.1, 0.15) is 42.5 Å². The third kappa shape index (κ3) is 18.6. The second-order valence-corrected chi connectivity index (χ2v) is 16.6. The lowest BCUT2D eigenvalue weighted by Gasteiger charge is -2.30. The van der Waals surface area contributed by atoms with E-state index in [4.69, 9.17) is 5.73 Å². The van der Waals surface area contributed by atoms with Gasteiger partial charge in [-0.2, -0.15) is 11.8 Å². The molecule has 4 aromatic rings. The smallest absolute Gasteiger partial charge is 0.115 e. The van der Waals surface area contributed by atoms with Crippen LogP contribution >= 0.6 is 11.8 Å². The molecule has 7 atom stereocenters. The number of likely N-dealkylation sites (N-methyl/N-ethyl adjacent to an activating group) is 1. The highest BCUT2D eigenvalue weighted by Gasteiger charge is 2.21. The Labute approximate surface area is 352 Å². The Morgan fingerprint density at radius 3 is 1.28 bits per heavy atom. The molecule has 58 heavy (non-hydrogen) atoms. The molecule has 0 aliphatic rings. The normalized spacial score (nSPS) is 15.3. The van der Waals surface area contributed by atoms with E-state index in [-0.39, 0.29) is 47.8 Å². The molecule has 0 aromatic heterocycles. The summed E-state index contributed by atoms with van der Waals surface area (Å²) in [5.74, 6) is 1.59. The first-order valence-electron chi connectivity index (χ1n) is 21.2. The number of benzene rings is 4. The van der Waals surface area contributed by atoms with Gasteiger partial charge in [-0.15, -0.1) is 0 Å². The van der Waals surface area contributed by atoms with Gasteiger partial charge in [0.25, 0.3) is 0 Å². The van der Waals surface area contributed by atoms with Gasteiger partial charge in [0.15, 0.2) is 0 Å². The van der Waals surface area contributed by atoms with Crippen LogP contribution in [0.5, 0.6) is 11.5 Å². The Balaban J connectivity index is 1.47. The number of hydrogen-bond acceptors (Lipinski definition) is 11. The standard InChI is InChI=1S/C47H71N7O3S/c1-4-49-41(27-38-15-19-45(56)20-16-38)30-50-43(28-39-17-21-46(57)22-18-39)32-51-42(25-36-11-7-5-8-12-36)31-52-44(26-37-13-9-6-10-14-37)33-54-47(35(2)55)34-53-40(29-48)23-24-58-3/h5-22,35,40-44,47,49-57H,4,23-34,48H2,1-3H3/t35-,40+,41+,42+,43+,44+,47+/m1/s1. The van der Waals surface area contributed by atoms with E-state index in [2.05, 4.69) is 106 Å². The van der Waals surface area contributed by atoms with Crippen LogP contribution in [-0.2, 0) is 25.7 Å². The lowest BCUT2D eigenvalue weighted by atomic mass is 10.0. The molecule has 0 unspecified atom stereocenters. The van der Waals surface area contributed by atoms with E-state index in [1.54, 1.807) is 24.3 Å². The van der Waals surface area contributed by atoms with Crippen molar-refractivity contribution in [1.82, 2.24) is 31.9 Å². The average Bonchev–Trinajstić information content (AvgIpc) is 3.23. The van der Waals surface area contributed by atoms with Crippen molar-refractivity contribution in [3.05, 3.63) is 131 Å². The molecule has 4 rings (SSSR count). The number of nitrogens with two attached hydrogens (primary N) is 1. The predicted octanol–water partition coefficient (Wildman–Crippen LogP) is 4.23. The fraction of sp³-hybridized carbons (Fsp3) is 0.489. The van der Waals surface area contributed by atoms with Gasteiger partial charge in [-0.1, -0.05) is 91.9 Å². The van der Waals surface area contributed by atoms with Gasteiger partial charge in [-0.05, 0) is 104 Å². The van der Waals surface area contributed by atoms with Crippen molar-refractivity contribution in [1.29, 1.82) is 0 Å². The summed E-state index contributed by atoms with van der Waals surface area (Å²) in [6, 6.07) is 37.0. The Morgan fingerprint density at radius 1 is 0.517 bits per heavy atom. The molecule has 0 saturated heterocycles. The Bertz CT molecular complexity index is 1620. The zero-order valence-corrected chi connectivity index (χ0v) is 35.8. The highest BCUT2D eigenvalue weighted by Crippen LogP contribution is 2.14. The average molecular weight is 814 g/mol. The van der Waals surface area contributed by atoms with E-state index in [9.17, 15) is 15.3 Å². The summed E-state index contributed by atoms with van der Waals surface area (Å²) in [4.78, 5) is 0. The topological polar surface area (TPSA) is 159 Å². The number of phenols is 2. The molecule has 0 amide bonds. The Morgan fingerprint density at radius 2 is 0.897 bits per heavy atom. The van der Waals surface area contributed by atoms with Gasteiger partial charge < -0.3 is 53.0 Å². The van der Waals surface area contributed by atoms with Crippen LogP contribution < -0.4 is 37.6 Å². The number of aliphatic hydroxyl groups is 1. The van der Waals surface area contributed by atoms with Gasteiger partial charge in [0.2, 0.25) is 0 Å². The SMILES string of the molecule is CCN[C@H](CN[C@H](CN[C@H](CN[C@H](CN[C@@H](CN[C@H](CN)CCSC)[C@@H](C)O)Cc1ccccc1)Cc1ccccc1)Cc1ccc(O)cc1)Cc1ccc(O)cc1. The molecule has 10 nitrogen and oxygen atoms in total. The van der Waals surface area contributed by atoms with Crippen molar-refractivity contribution >= 4 is 11.8 Å². The van der Waals surface area contributed by atoms with Crippen LogP contribution in [0, 0.1) is 0 Å². The summed E-state index contributed by atoms with van der Waals surface area (Å²) in [6.45, 7) is 9.02. The van der Waals surface area contributed by atoms with Gasteiger partial charge in [0.1, 0.15) is 11.5 Å². The fourth-order valence-electron chi connectivity index (χ4n) is 7.28. The minimum Gasteiger partial charge on any atom is -0.508 e. The maximum absolute atomic E-state index is 10.8. The number of hydrogen-bond donors (Lipinski definition) is 10. The van der Waals surface area contributed by atoms with Gasteiger partial charge in [0.05, 0.1) is 6.10 Å². The minimum absolute atomic E-state index is 0.117. The largest absolute Gasteiger partial charge is 0.508 e. The Kier molecular flexibility index (Phi) is 22.2. The molecule has 4 aromatic carbocycles. The molecule has 11 heteroatoms. The monoisotopic (exact) mass is 814 g/mol. The van der Waals surface area contributed by atoms with E-state index in [0.717, 1.165) is 69.6 Å². The molecule has 0 radical (unpaired) electrons. The van der Waals surface area contributed by atoms with Crippen molar-refractivity contribution in [2.75, 3.05) is 57.8 Å². The second kappa shape index (κ2) is 27.3. The van der Waals surface area contributed by atoms with E-state index >= 15 is 0 Å². The minimum atomic E-state index is -0.525. The summed E-state index contributed by atoms with van der Waals surface area (Å²) in [5.41, 5.74) is 11.0. The maximum atomic E-state index is 10.8. The number of rotatable bonds is 30. The quantitative estimate of drug-likeness (QED) is 0.0368. The second-order valence-electron chi connectivity index (χ2n) is 15.6.